The smallest absolute Gasteiger partial charge is 0.390 e. The van der Waals surface area contributed by atoms with Crippen LogP contribution in [-0.4, -0.2) is 44.6 Å². The maximum Gasteiger partial charge on any atom is 0.421 e. The fraction of sp³-hybridized carbons (Fsp3) is 0.476. The van der Waals surface area contributed by atoms with E-state index in [1.54, 1.807) is 24.8 Å². The molecule has 0 unspecified atom stereocenters. The highest BCUT2D eigenvalue weighted by Crippen LogP contribution is 2.34. The number of halogens is 3. The van der Waals surface area contributed by atoms with Crippen LogP contribution in [0.3, 0.4) is 0 Å². The lowest BCUT2D eigenvalue weighted by molar-refractivity contribution is -0.137. The average Bonchev–Trinajstić information content (AvgIpc) is 2.65. The Balaban J connectivity index is 1.78. The topological polar surface area (TPSA) is 90.4 Å². The maximum absolute atomic E-state index is 13.3. The Morgan fingerprint density at radius 2 is 2.00 bits per heavy atom. The minimum atomic E-state index is -4.61. The summed E-state index contributed by atoms with van der Waals surface area (Å²) < 4.78 is 40.0. The summed E-state index contributed by atoms with van der Waals surface area (Å²) >= 11 is 0. The first-order valence-electron chi connectivity index (χ1n) is 9.97. The number of nitrogens with zero attached hydrogens (tertiary/aromatic N) is 3. The van der Waals surface area contributed by atoms with Crippen molar-refractivity contribution < 1.29 is 23.1 Å². The standard InChI is InChI=1S/C21H26F3N5O2/c1-13(30)29-9-6-14-10-16(5-4-15(14)12-29)27-19-26-11-17(21(22,23)24)18(28-19)25-8-7-20(2,3)31/h4-5,10-11,31H,6-9,12H2,1-3H3,(H2,25,26,27,28). The fourth-order valence-electron chi connectivity index (χ4n) is 3.30. The second-order valence-electron chi connectivity index (χ2n) is 8.24. The number of rotatable bonds is 6. The molecule has 0 radical (unpaired) electrons. The van der Waals surface area contributed by atoms with Crippen LogP contribution in [-0.2, 0) is 23.9 Å². The van der Waals surface area contributed by atoms with E-state index in [2.05, 4.69) is 20.6 Å². The van der Waals surface area contributed by atoms with E-state index < -0.39 is 17.3 Å². The zero-order valence-corrected chi connectivity index (χ0v) is 17.7. The first-order chi connectivity index (χ1) is 14.4. The molecule has 0 aliphatic carbocycles. The molecule has 1 aromatic heterocycles. The van der Waals surface area contributed by atoms with Crippen molar-refractivity contribution in [1.29, 1.82) is 0 Å². The van der Waals surface area contributed by atoms with E-state index in [4.69, 9.17) is 0 Å². The van der Waals surface area contributed by atoms with Crippen molar-refractivity contribution in [3.8, 4) is 0 Å². The Morgan fingerprint density at radius 3 is 2.65 bits per heavy atom. The van der Waals surface area contributed by atoms with Gasteiger partial charge in [-0.1, -0.05) is 6.07 Å². The third-order valence-electron chi connectivity index (χ3n) is 5.04. The molecule has 168 valence electrons. The number of benzene rings is 1. The van der Waals surface area contributed by atoms with Crippen molar-refractivity contribution in [3.05, 3.63) is 41.1 Å². The summed E-state index contributed by atoms with van der Waals surface area (Å²) in [6.07, 6.45) is -2.92. The highest BCUT2D eigenvalue weighted by Gasteiger charge is 2.35. The normalized spacial score (nSPS) is 14.2. The van der Waals surface area contributed by atoms with Crippen LogP contribution >= 0.6 is 0 Å². The summed E-state index contributed by atoms with van der Waals surface area (Å²) in [6, 6.07) is 5.57. The van der Waals surface area contributed by atoms with Crippen molar-refractivity contribution in [2.24, 2.45) is 0 Å². The van der Waals surface area contributed by atoms with Gasteiger partial charge in [0, 0.05) is 38.4 Å². The molecule has 1 aliphatic rings. The lowest BCUT2D eigenvalue weighted by Crippen LogP contribution is -2.34. The molecule has 31 heavy (non-hydrogen) atoms. The summed E-state index contributed by atoms with van der Waals surface area (Å²) in [6.45, 7) is 5.98. The monoisotopic (exact) mass is 437 g/mol. The predicted molar refractivity (Wildman–Crippen MR) is 111 cm³/mol. The van der Waals surface area contributed by atoms with Crippen LogP contribution in [0.5, 0.6) is 0 Å². The third-order valence-corrected chi connectivity index (χ3v) is 5.04. The molecule has 2 heterocycles. The third kappa shape index (κ3) is 6.06. The van der Waals surface area contributed by atoms with Crippen molar-refractivity contribution >= 4 is 23.4 Å². The van der Waals surface area contributed by atoms with Crippen molar-refractivity contribution in [1.82, 2.24) is 14.9 Å². The van der Waals surface area contributed by atoms with Gasteiger partial charge in [-0.2, -0.15) is 18.2 Å². The second kappa shape index (κ2) is 8.70. The van der Waals surface area contributed by atoms with Crippen LogP contribution in [0.4, 0.5) is 30.6 Å². The zero-order valence-electron chi connectivity index (χ0n) is 17.7. The first-order valence-corrected chi connectivity index (χ1v) is 9.97. The Bertz CT molecular complexity index is 957. The second-order valence-corrected chi connectivity index (χ2v) is 8.24. The van der Waals surface area contributed by atoms with Crippen LogP contribution in [0.1, 0.15) is 43.9 Å². The number of fused-ring (bicyclic) bond motifs is 1. The Labute approximate surface area is 178 Å². The van der Waals surface area contributed by atoms with Gasteiger partial charge < -0.3 is 20.6 Å². The molecule has 1 amide bonds. The van der Waals surface area contributed by atoms with E-state index in [9.17, 15) is 23.1 Å². The van der Waals surface area contributed by atoms with Crippen LogP contribution in [0.15, 0.2) is 24.4 Å². The molecule has 1 aliphatic heterocycles. The van der Waals surface area contributed by atoms with Gasteiger partial charge in [0.05, 0.1) is 5.60 Å². The average molecular weight is 437 g/mol. The van der Waals surface area contributed by atoms with Gasteiger partial charge in [-0.25, -0.2) is 4.98 Å². The van der Waals surface area contributed by atoms with Crippen LogP contribution in [0, 0.1) is 0 Å². The number of carbonyl (C=O) groups is 1. The summed E-state index contributed by atoms with van der Waals surface area (Å²) in [5.74, 6) is -0.292. The van der Waals surface area contributed by atoms with E-state index in [1.807, 2.05) is 12.1 Å². The van der Waals surface area contributed by atoms with E-state index in [-0.39, 0.29) is 30.6 Å². The number of hydrogen-bond acceptors (Lipinski definition) is 6. The first kappa shape index (κ1) is 22.8. The molecule has 0 atom stereocenters. The van der Waals surface area contributed by atoms with Crippen LogP contribution in [0.2, 0.25) is 0 Å². The number of carbonyl (C=O) groups excluding carboxylic acids is 1. The van der Waals surface area contributed by atoms with Crippen LogP contribution in [0.25, 0.3) is 0 Å². The number of hydrogen-bond donors (Lipinski definition) is 3. The number of amides is 1. The molecule has 0 bridgehead atoms. The van der Waals surface area contributed by atoms with Gasteiger partial charge in [-0.05, 0) is 49.9 Å². The van der Waals surface area contributed by atoms with E-state index >= 15 is 0 Å². The molecule has 3 N–H and O–H groups in total. The quantitative estimate of drug-likeness (QED) is 0.638. The van der Waals surface area contributed by atoms with Gasteiger partial charge in [-0.15, -0.1) is 0 Å². The fourth-order valence-corrected chi connectivity index (χ4v) is 3.30. The minimum Gasteiger partial charge on any atom is -0.390 e. The molecule has 3 rings (SSSR count). The van der Waals surface area contributed by atoms with Gasteiger partial charge in [0.2, 0.25) is 11.9 Å². The number of aromatic nitrogens is 2. The molecule has 0 spiro atoms. The Morgan fingerprint density at radius 1 is 1.26 bits per heavy atom. The highest BCUT2D eigenvalue weighted by atomic mass is 19.4. The van der Waals surface area contributed by atoms with E-state index in [1.165, 1.54) is 6.92 Å². The highest BCUT2D eigenvalue weighted by molar-refractivity contribution is 5.73. The Kier molecular flexibility index (Phi) is 6.40. The van der Waals surface area contributed by atoms with Crippen molar-refractivity contribution in [2.45, 2.75) is 51.9 Å². The maximum atomic E-state index is 13.3. The van der Waals surface area contributed by atoms with Gasteiger partial charge in [0.1, 0.15) is 11.4 Å². The van der Waals surface area contributed by atoms with Gasteiger partial charge in [0.25, 0.3) is 0 Å². The van der Waals surface area contributed by atoms with E-state index in [0.717, 1.165) is 17.3 Å². The van der Waals surface area contributed by atoms with E-state index in [0.29, 0.717) is 25.2 Å². The summed E-state index contributed by atoms with van der Waals surface area (Å²) in [5, 5.41) is 15.4. The van der Waals surface area contributed by atoms with Crippen LogP contribution < -0.4 is 10.6 Å². The zero-order chi connectivity index (χ0) is 22.8. The Hall–Kier alpha value is -2.88. The molecule has 2 aromatic rings. The molecule has 10 heteroatoms. The molecule has 0 fully saturated rings. The summed E-state index contributed by atoms with van der Waals surface area (Å²) in [4.78, 5) is 21.2. The molecule has 7 nitrogen and oxygen atoms in total. The van der Waals surface area contributed by atoms with Crippen molar-refractivity contribution in [2.75, 3.05) is 23.7 Å². The lowest BCUT2D eigenvalue weighted by Gasteiger charge is -2.28. The predicted octanol–water partition coefficient (Wildman–Crippen LogP) is 3.72. The van der Waals surface area contributed by atoms with Gasteiger partial charge in [-0.3, -0.25) is 4.79 Å². The number of aliphatic hydroxyl groups is 1. The molecular formula is C21H26F3N5O2. The van der Waals surface area contributed by atoms with Gasteiger partial charge in [0.15, 0.2) is 0 Å². The lowest BCUT2D eigenvalue weighted by atomic mass is 9.99. The number of alkyl halides is 3. The number of anilines is 3. The molecule has 1 aromatic carbocycles. The van der Waals surface area contributed by atoms with Gasteiger partial charge >= 0.3 is 6.18 Å². The minimum absolute atomic E-state index is 0.0237. The molecular weight excluding hydrogens is 411 g/mol. The molecule has 0 saturated heterocycles. The molecule has 0 saturated carbocycles. The summed E-state index contributed by atoms with van der Waals surface area (Å²) in [5.41, 5.74) is 0.772. The number of nitrogens with one attached hydrogen (secondary N) is 2. The summed E-state index contributed by atoms with van der Waals surface area (Å²) in [7, 11) is 0. The SMILES string of the molecule is CC(=O)N1CCc2cc(Nc3ncc(C(F)(F)F)c(NCCC(C)(C)O)n3)ccc2C1. The largest absolute Gasteiger partial charge is 0.421 e. The van der Waals surface area contributed by atoms with Crippen molar-refractivity contribution in [3.63, 3.8) is 0 Å².